The first-order valence-corrected chi connectivity index (χ1v) is 6.74. The Labute approximate surface area is 117 Å². The molecule has 3 rings (SSSR count). The van der Waals surface area contributed by atoms with Gasteiger partial charge in [0, 0.05) is 32.4 Å². The number of benzene rings is 1. The molecule has 0 aliphatic carbocycles. The lowest BCUT2D eigenvalue weighted by atomic mass is 10.1. The smallest absolute Gasteiger partial charge is 0.335 e. The van der Waals surface area contributed by atoms with Crippen LogP contribution in [0.2, 0.25) is 0 Å². The minimum Gasteiger partial charge on any atom is -0.478 e. The lowest BCUT2D eigenvalue weighted by Gasteiger charge is -2.15. The van der Waals surface area contributed by atoms with Gasteiger partial charge in [0.05, 0.1) is 17.6 Å². The van der Waals surface area contributed by atoms with Gasteiger partial charge in [-0.15, -0.1) is 0 Å². The van der Waals surface area contributed by atoms with Crippen LogP contribution in [-0.4, -0.2) is 25.5 Å². The Morgan fingerprint density at radius 2 is 2.15 bits per heavy atom. The lowest BCUT2D eigenvalue weighted by Crippen LogP contribution is -2.17. The Bertz CT molecular complexity index is 648. The van der Waals surface area contributed by atoms with Crippen LogP contribution in [0.3, 0.4) is 0 Å². The third-order valence-electron chi connectivity index (χ3n) is 3.77. The van der Waals surface area contributed by atoms with E-state index >= 15 is 0 Å². The molecule has 0 radical (unpaired) electrons. The van der Waals surface area contributed by atoms with Crippen molar-refractivity contribution in [2.24, 2.45) is 0 Å². The van der Waals surface area contributed by atoms with Crippen LogP contribution in [0.5, 0.6) is 0 Å². The third kappa shape index (κ3) is 2.32. The second kappa shape index (κ2) is 5.09. The van der Waals surface area contributed by atoms with E-state index in [0.717, 1.165) is 31.7 Å². The first-order valence-electron chi connectivity index (χ1n) is 6.74. The molecular weight excluding hydrogens is 254 g/mol. The van der Waals surface area contributed by atoms with E-state index in [1.807, 2.05) is 18.6 Å². The summed E-state index contributed by atoms with van der Waals surface area (Å²) in [6, 6.07) is 5.39. The molecule has 0 spiro atoms. The fourth-order valence-corrected chi connectivity index (χ4v) is 2.70. The number of carbonyl (C=O) groups is 1. The van der Waals surface area contributed by atoms with E-state index in [0.29, 0.717) is 5.56 Å². The molecule has 0 amide bonds. The minimum absolute atomic E-state index is 0.365. The van der Waals surface area contributed by atoms with Crippen molar-refractivity contribution in [3.8, 4) is 0 Å². The highest BCUT2D eigenvalue weighted by molar-refractivity contribution is 5.87. The number of fused-ring (bicyclic) bond motifs is 1. The van der Waals surface area contributed by atoms with Gasteiger partial charge in [-0.25, -0.2) is 9.78 Å². The zero-order chi connectivity index (χ0) is 14.1. The number of nitrogens with zero attached hydrogens (tertiary/aromatic N) is 3. The monoisotopic (exact) mass is 271 g/mol. The molecule has 0 bridgehead atoms. The number of aromatic nitrogens is 2. The van der Waals surface area contributed by atoms with Crippen LogP contribution < -0.4 is 0 Å². The Morgan fingerprint density at radius 1 is 1.35 bits per heavy atom. The molecule has 2 aromatic rings. The molecule has 104 valence electrons. The average molecular weight is 271 g/mol. The van der Waals surface area contributed by atoms with E-state index in [9.17, 15) is 4.79 Å². The van der Waals surface area contributed by atoms with Crippen LogP contribution in [0.4, 0.5) is 0 Å². The summed E-state index contributed by atoms with van der Waals surface area (Å²) >= 11 is 0. The maximum atomic E-state index is 11.0. The van der Waals surface area contributed by atoms with Crippen molar-refractivity contribution in [1.82, 2.24) is 14.5 Å². The summed E-state index contributed by atoms with van der Waals surface area (Å²) in [5.41, 5.74) is 3.90. The molecule has 1 aliphatic rings. The molecule has 1 aliphatic heterocycles. The zero-order valence-corrected chi connectivity index (χ0v) is 11.4. The largest absolute Gasteiger partial charge is 0.478 e. The first kappa shape index (κ1) is 12.9. The predicted molar refractivity (Wildman–Crippen MR) is 74.3 cm³/mol. The summed E-state index contributed by atoms with van der Waals surface area (Å²) in [6.07, 6.45) is 3.75. The van der Waals surface area contributed by atoms with Crippen molar-refractivity contribution in [3.63, 3.8) is 0 Å². The number of imidazole rings is 1. The van der Waals surface area contributed by atoms with Crippen molar-refractivity contribution >= 4 is 5.97 Å². The van der Waals surface area contributed by atoms with Crippen LogP contribution >= 0.6 is 0 Å². The quantitative estimate of drug-likeness (QED) is 0.925. The lowest BCUT2D eigenvalue weighted by molar-refractivity contribution is 0.0696. The van der Waals surface area contributed by atoms with Gasteiger partial charge in [-0.2, -0.15) is 0 Å². The van der Waals surface area contributed by atoms with Crippen LogP contribution in [0, 0.1) is 0 Å². The van der Waals surface area contributed by atoms with Gasteiger partial charge < -0.3 is 9.67 Å². The van der Waals surface area contributed by atoms with Gasteiger partial charge in [0.25, 0.3) is 0 Å². The normalized spacial score (nSPS) is 14.4. The molecule has 20 heavy (non-hydrogen) atoms. The van der Waals surface area contributed by atoms with Crippen molar-refractivity contribution < 1.29 is 9.90 Å². The maximum Gasteiger partial charge on any atom is 0.335 e. The van der Waals surface area contributed by atoms with Gasteiger partial charge in [-0.1, -0.05) is 6.07 Å². The van der Waals surface area contributed by atoms with E-state index < -0.39 is 5.97 Å². The summed E-state index contributed by atoms with van der Waals surface area (Å²) < 4.78 is 2.13. The Kier molecular flexibility index (Phi) is 3.28. The molecule has 0 fully saturated rings. The second-order valence-electron chi connectivity index (χ2n) is 5.10. The number of hydrogen-bond donors (Lipinski definition) is 1. The van der Waals surface area contributed by atoms with Crippen LogP contribution in [0.25, 0.3) is 0 Å². The van der Waals surface area contributed by atoms with E-state index in [1.165, 1.54) is 11.3 Å². The summed E-state index contributed by atoms with van der Waals surface area (Å²) in [5.74, 6) is -0.865. The topological polar surface area (TPSA) is 58.4 Å². The summed E-state index contributed by atoms with van der Waals surface area (Å²) in [4.78, 5) is 17.5. The van der Waals surface area contributed by atoms with Gasteiger partial charge >= 0.3 is 5.97 Å². The highest BCUT2D eigenvalue weighted by Crippen LogP contribution is 2.25. The van der Waals surface area contributed by atoms with Gasteiger partial charge in [0.15, 0.2) is 0 Å². The van der Waals surface area contributed by atoms with Gasteiger partial charge in [0.1, 0.15) is 0 Å². The SMILES string of the molecule is CCn1cncc1CN1Cc2ccc(C(=O)O)cc2C1. The molecule has 0 saturated carbocycles. The van der Waals surface area contributed by atoms with Crippen LogP contribution in [0.15, 0.2) is 30.7 Å². The molecule has 0 atom stereocenters. The number of rotatable bonds is 4. The molecule has 1 aromatic carbocycles. The van der Waals surface area contributed by atoms with E-state index in [-0.39, 0.29) is 0 Å². The highest BCUT2D eigenvalue weighted by Gasteiger charge is 2.21. The number of carboxylic acids is 1. The van der Waals surface area contributed by atoms with Crippen LogP contribution in [0.1, 0.15) is 34.1 Å². The molecular formula is C15H17N3O2. The van der Waals surface area contributed by atoms with E-state index in [4.69, 9.17) is 5.11 Å². The van der Waals surface area contributed by atoms with E-state index in [2.05, 4.69) is 21.4 Å². The zero-order valence-electron chi connectivity index (χ0n) is 11.4. The highest BCUT2D eigenvalue weighted by atomic mass is 16.4. The van der Waals surface area contributed by atoms with Crippen molar-refractivity contribution in [1.29, 1.82) is 0 Å². The van der Waals surface area contributed by atoms with Crippen molar-refractivity contribution in [2.45, 2.75) is 33.1 Å². The fraction of sp³-hybridized carbons (Fsp3) is 0.333. The molecule has 5 nitrogen and oxygen atoms in total. The minimum atomic E-state index is -0.865. The molecule has 1 N–H and O–H groups in total. The van der Waals surface area contributed by atoms with E-state index in [1.54, 1.807) is 12.1 Å². The van der Waals surface area contributed by atoms with Gasteiger partial charge in [-0.3, -0.25) is 4.90 Å². The summed E-state index contributed by atoms with van der Waals surface area (Å²) in [6.45, 7) is 5.52. The molecule has 0 unspecified atom stereocenters. The summed E-state index contributed by atoms with van der Waals surface area (Å²) in [7, 11) is 0. The molecule has 0 saturated heterocycles. The average Bonchev–Trinajstić information content (AvgIpc) is 3.03. The number of aromatic carboxylic acids is 1. The Balaban J connectivity index is 1.75. The molecule has 1 aromatic heterocycles. The number of hydrogen-bond acceptors (Lipinski definition) is 3. The second-order valence-corrected chi connectivity index (χ2v) is 5.10. The fourth-order valence-electron chi connectivity index (χ4n) is 2.70. The standard InChI is InChI=1S/C15H17N3O2/c1-2-18-10-16-6-14(18)9-17-7-12-4-3-11(15(19)20)5-13(12)8-17/h3-6,10H,2,7-9H2,1H3,(H,19,20). The number of carboxylic acid groups (broad SMARTS) is 1. The summed E-state index contributed by atoms with van der Waals surface area (Å²) in [5, 5.41) is 9.03. The molecule has 5 heteroatoms. The maximum absolute atomic E-state index is 11.0. The van der Waals surface area contributed by atoms with Crippen molar-refractivity contribution in [2.75, 3.05) is 0 Å². The van der Waals surface area contributed by atoms with Gasteiger partial charge in [-0.05, 0) is 30.2 Å². The number of aryl methyl sites for hydroxylation is 1. The van der Waals surface area contributed by atoms with Crippen molar-refractivity contribution in [3.05, 3.63) is 53.1 Å². The first-order chi connectivity index (χ1) is 9.67. The third-order valence-corrected chi connectivity index (χ3v) is 3.77. The van der Waals surface area contributed by atoms with Gasteiger partial charge in [0.2, 0.25) is 0 Å². The Morgan fingerprint density at radius 3 is 2.90 bits per heavy atom. The van der Waals surface area contributed by atoms with Crippen LogP contribution in [-0.2, 0) is 26.2 Å². The Hall–Kier alpha value is -2.14. The predicted octanol–water partition coefficient (Wildman–Crippen LogP) is 2.12. The molecule has 2 heterocycles.